The van der Waals surface area contributed by atoms with Crippen molar-refractivity contribution in [2.75, 3.05) is 6.61 Å². The zero-order valence-corrected chi connectivity index (χ0v) is 20.0. The largest absolute Gasteiger partial charge is 0.451 e. The standard InChI is InChI=1S/C27H36O6/c1-14-12-26-15(2)10-19-20(25(19,3)4)18(22(26)30)11-17(13-28)21(29)27(26,32)23(14)33-24(31)16-8-6-5-7-9-16/h8,11-12,15,18-21,23,28-29,32H,5-7,9-10,13H2,1-4H3/t15-,18+,19-,20+,21-,23+,26+,27+/m1/s1. The molecule has 0 heterocycles. The van der Waals surface area contributed by atoms with E-state index in [9.17, 15) is 24.9 Å². The lowest BCUT2D eigenvalue weighted by Crippen LogP contribution is -2.65. The Morgan fingerprint density at radius 2 is 2.00 bits per heavy atom. The Labute approximate surface area is 195 Å². The number of ketones is 1. The molecule has 180 valence electrons. The molecule has 2 bridgehead atoms. The summed E-state index contributed by atoms with van der Waals surface area (Å²) < 4.78 is 5.91. The van der Waals surface area contributed by atoms with Crippen LogP contribution in [0.15, 0.2) is 34.9 Å². The lowest BCUT2D eigenvalue weighted by Gasteiger charge is -2.48. The number of ether oxygens (including phenoxy) is 1. The van der Waals surface area contributed by atoms with Crippen LogP contribution < -0.4 is 0 Å². The molecular formula is C27H36O6. The first kappa shape index (κ1) is 23.0. The predicted molar refractivity (Wildman–Crippen MR) is 122 cm³/mol. The van der Waals surface area contributed by atoms with Gasteiger partial charge in [-0.1, -0.05) is 39.0 Å². The second-order valence-electron chi connectivity index (χ2n) is 11.6. The molecular weight excluding hydrogens is 420 g/mol. The van der Waals surface area contributed by atoms with E-state index >= 15 is 0 Å². The van der Waals surface area contributed by atoms with Crippen LogP contribution in [-0.4, -0.2) is 51.5 Å². The number of carbonyl (C=O) groups excluding carboxylic acids is 2. The number of allylic oxidation sites excluding steroid dienone is 2. The van der Waals surface area contributed by atoms with Crippen LogP contribution in [0.1, 0.15) is 59.8 Å². The van der Waals surface area contributed by atoms with Crippen molar-refractivity contribution in [1.82, 2.24) is 0 Å². The zero-order valence-electron chi connectivity index (χ0n) is 20.0. The zero-order chi connectivity index (χ0) is 23.9. The van der Waals surface area contributed by atoms with Crippen molar-refractivity contribution in [2.24, 2.45) is 34.5 Å². The van der Waals surface area contributed by atoms with Gasteiger partial charge in [0.1, 0.15) is 6.10 Å². The monoisotopic (exact) mass is 456 g/mol. The van der Waals surface area contributed by atoms with Crippen molar-refractivity contribution in [3.8, 4) is 0 Å². The second kappa shape index (κ2) is 7.37. The highest BCUT2D eigenvalue weighted by Gasteiger charge is 2.76. The van der Waals surface area contributed by atoms with Crippen LogP contribution in [0.5, 0.6) is 0 Å². The molecule has 5 aliphatic carbocycles. The van der Waals surface area contributed by atoms with Crippen molar-refractivity contribution in [3.05, 3.63) is 34.9 Å². The summed E-state index contributed by atoms with van der Waals surface area (Å²) in [5, 5.41) is 34.0. The Morgan fingerprint density at radius 1 is 1.27 bits per heavy atom. The summed E-state index contributed by atoms with van der Waals surface area (Å²) >= 11 is 0. The molecule has 0 aromatic rings. The molecule has 2 fully saturated rings. The maximum absolute atomic E-state index is 14.3. The van der Waals surface area contributed by atoms with Crippen molar-refractivity contribution in [3.63, 3.8) is 0 Å². The molecule has 0 aromatic carbocycles. The van der Waals surface area contributed by atoms with E-state index < -0.39 is 41.7 Å². The van der Waals surface area contributed by atoms with Crippen LogP contribution in [0.3, 0.4) is 0 Å². The Morgan fingerprint density at radius 3 is 2.64 bits per heavy atom. The first-order valence-electron chi connectivity index (χ1n) is 12.4. The van der Waals surface area contributed by atoms with Crippen molar-refractivity contribution >= 4 is 11.8 Å². The highest BCUT2D eigenvalue weighted by atomic mass is 16.6. The first-order valence-corrected chi connectivity index (χ1v) is 12.4. The summed E-state index contributed by atoms with van der Waals surface area (Å²) in [6.45, 7) is 7.58. The fraction of sp³-hybridized carbons (Fsp3) is 0.704. The van der Waals surface area contributed by atoms with Crippen molar-refractivity contribution < 1.29 is 29.6 Å². The Balaban J connectivity index is 1.62. The molecule has 0 aliphatic heterocycles. The molecule has 0 unspecified atom stereocenters. The molecule has 1 spiro atoms. The number of aliphatic hydroxyl groups excluding tert-OH is 2. The quantitative estimate of drug-likeness (QED) is 0.446. The third-order valence-corrected chi connectivity index (χ3v) is 9.67. The molecule has 8 atom stereocenters. The van der Waals surface area contributed by atoms with E-state index in [1.807, 2.05) is 13.0 Å². The molecule has 0 saturated heterocycles. The molecule has 3 N–H and O–H groups in total. The average Bonchev–Trinajstić information content (AvgIpc) is 3.28. The summed E-state index contributed by atoms with van der Waals surface area (Å²) in [7, 11) is 0. The predicted octanol–water partition coefficient (Wildman–Crippen LogP) is 2.87. The van der Waals surface area contributed by atoms with Gasteiger partial charge in [0.05, 0.1) is 12.0 Å². The van der Waals surface area contributed by atoms with Crippen LogP contribution in [0, 0.1) is 34.5 Å². The number of esters is 1. The molecule has 6 nitrogen and oxygen atoms in total. The number of rotatable bonds is 3. The fourth-order valence-corrected chi connectivity index (χ4v) is 7.80. The second-order valence-corrected chi connectivity index (χ2v) is 11.6. The minimum absolute atomic E-state index is 0.0165. The van der Waals surface area contributed by atoms with Gasteiger partial charge in [-0.2, -0.15) is 0 Å². The Bertz CT molecular complexity index is 989. The Kier molecular flexibility index (Phi) is 5.14. The number of aliphatic hydroxyl groups is 3. The number of carbonyl (C=O) groups is 2. The van der Waals surface area contributed by atoms with Gasteiger partial charge in [-0.25, -0.2) is 4.79 Å². The van der Waals surface area contributed by atoms with Crippen molar-refractivity contribution in [1.29, 1.82) is 0 Å². The normalized spacial score (nSPS) is 45.5. The van der Waals surface area contributed by atoms with Gasteiger partial charge in [-0.3, -0.25) is 4.79 Å². The fourth-order valence-electron chi connectivity index (χ4n) is 7.80. The van der Waals surface area contributed by atoms with E-state index in [1.165, 1.54) is 0 Å². The van der Waals surface area contributed by atoms with Gasteiger partial charge in [0.25, 0.3) is 0 Å². The summed E-state index contributed by atoms with van der Waals surface area (Å²) in [5.41, 5.74) is -2.08. The van der Waals surface area contributed by atoms with E-state index in [-0.39, 0.29) is 28.6 Å². The minimum atomic E-state index is -2.07. The van der Waals surface area contributed by atoms with Gasteiger partial charge in [-0.15, -0.1) is 0 Å². The molecule has 0 aromatic heterocycles. The third kappa shape index (κ3) is 2.83. The van der Waals surface area contributed by atoms with E-state index in [2.05, 4.69) is 13.8 Å². The number of hydrogen-bond donors (Lipinski definition) is 3. The van der Waals surface area contributed by atoms with E-state index in [4.69, 9.17) is 4.74 Å². The number of hydrogen-bond acceptors (Lipinski definition) is 6. The van der Waals surface area contributed by atoms with Gasteiger partial charge in [-0.05, 0) is 73.3 Å². The third-order valence-electron chi connectivity index (χ3n) is 9.67. The van der Waals surface area contributed by atoms with Crippen LogP contribution in [0.2, 0.25) is 0 Å². The van der Waals surface area contributed by atoms with E-state index in [0.717, 1.165) is 25.7 Å². The van der Waals surface area contributed by atoms with E-state index in [1.54, 1.807) is 19.1 Å². The maximum Gasteiger partial charge on any atom is 0.334 e. The highest BCUT2D eigenvalue weighted by Crippen LogP contribution is 2.71. The SMILES string of the molecule is CC1=C[C@]23C(=O)[C@@H](C=C(CO)[C@@H](O)[C@]2(O)[C@H]1OC(=O)C1=CCCCC1)[C@H]1[C@@H](C[C@H]3C)C1(C)C. The average molecular weight is 457 g/mol. The molecule has 0 radical (unpaired) electrons. The molecule has 5 rings (SSSR count). The molecule has 0 amide bonds. The van der Waals surface area contributed by atoms with Gasteiger partial charge in [0.2, 0.25) is 0 Å². The molecule has 2 saturated carbocycles. The van der Waals surface area contributed by atoms with Gasteiger partial charge < -0.3 is 20.1 Å². The first-order chi connectivity index (χ1) is 15.5. The highest BCUT2D eigenvalue weighted by molar-refractivity contribution is 5.96. The summed E-state index contributed by atoms with van der Waals surface area (Å²) in [6, 6.07) is 0. The van der Waals surface area contributed by atoms with Crippen molar-refractivity contribution in [2.45, 2.75) is 77.6 Å². The smallest absolute Gasteiger partial charge is 0.334 e. The van der Waals surface area contributed by atoms with Crippen LogP contribution in [0.4, 0.5) is 0 Å². The lowest BCUT2D eigenvalue weighted by atomic mass is 9.59. The van der Waals surface area contributed by atoms with Crippen LogP contribution >= 0.6 is 0 Å². The minimum Gasteiger partial charge on any atom is -0.451 e. The molecule has 5 aliphatic rings. The summed E-state index contributed by atoms with van der Waals surface area (Å²) in [6.07, 6.45) is 6.78. The van der Waals surface area contributed by atoms with Gasteiger partial charge in [0, 0.05) is 11.5 Å². The van der Waals surface area contributed by atoms with E-state index in [0.29, 0.717) is 23.5 Å². The number of fused-ring (bicyclic) bond motifs is 3. The molecule has 33 heavy (non-hydrogen) atoms. The summed E-state index contributed by atoms with van der Waals surface area (Å²) in [4.78, 5) is 27.3. The van der Waals surface area contributed by atoms with Gasteiger partial charge >= 0.3 is 5.97 Å². The molecule has 6 heteroatoms. The lowest BCUT2D eigenvalue weighted by molar-refractivity contribution is -0.201. The van der Waals surface area contributed by atoms with Gasteiger partial charge in [0.15, 0.2) is 17.5 Å². The topological polar surface area (TPSA) is 104 Å². The van der Waals surface area contributed by atoms with Crippen LogP contribution in [-0.2, 0) is 14.3 Å². The number of Topliss-reactive ketones (excluding diaryl/α,β-unsaturated/α-hetero) is 1. The maximum atomic E-state index is 14.3. The van der Waals surface area contributed by atoms with Crippen LogP contribution in [0.25, 0.3) is 0 Å². The summed E-state index contributed by atoms with van der Waals surface area (Å²) in [5.74, 6) is -0.973. The Hall–Kier alpha value is -1.76.